The molecule has 0 aliphatic heterocycles. The molecule has 0 bridgehead atoms. The Morgan fingerprint density at radius 3 is 2.92 bits per heavy atom. The molecule has 13 heavy (non-hydrogen) atoms. The molecule has 1 aromatic carbocycles. The molecule has 0 fully saturated rings. The van der Waals surface area contributed by atoms with Gasteiger partial charge in [0.1, 0.15) is 5.75 Å². The monoisotopic (exact) mass is 201 g/mol. The van der Waals surface area contributed by atoms with Gasteiger partial charge in [-0.25, -0.2) is 0 Å². The first-order valence-corrected chi connectivity index (χ1v) is 4.37. The van der Waals surface area contributed by atoms with Crippen molar-refractivity contribution in [3.63, 3.8) is 0 Å². The van der Waals surface area contributed by atoms with Gasteiger partial charge in [-0.15, -0.1) is 0 Å². The van der Waals surface area contributed by atoms with Crippen LogP contribution in [0, 0.1) is 0 Å². The largest absolute Gasteiger partial charge is 0.466 e. The first kappa shape index (κ1) is 10.2. The highest BCUT2D eigenvalue weighted by Gasteiger charge is 2.00. The number of nitrogen functional groups attached to an aromatic ring is 1. The fourth-order valence-electron chi connectivity index (χ4n) is 0.819. The summed E-state index contributed by atoms with van der Waals surface area (Å²) in [5, 5.41) is 0.536. The molecule has 0 saturated carbocycles. The van der Waals surface area contributed by atoms with Gasteiger partial charge in [-0.3, -0.25) is 0 Å². The van der Waals surface area contributed by atoms with Crippen LogP contribution in [0.1, 0.15) is 6.92 Å². The molecule has 1 aromatic rings. The third kappa shape index (κ3) is 3.13. The maximum absolute atomic E-state index is 5.84. The molecule has 0 heterocycles. The highest BCUT2D eigenvalue weighted by Crippen LogP contribution is 2.26. The molecular weight excluding hydrogens is 190 g/mol. The van der Waals surface area contributed by atoms with E-state index in [0.29, 0.717) is 23.1 Å². The fourth-order valence-corrected chi connectivity index (χ4v) is 0.991. The van der Waals surface area contributed by atoms with Crippen molar-refractivity contribution < 1.29 is 9.47 Å². The van der Waals surface area contributed by atoms with Gasteiger partial charge in [0.2, 0.25) is 0 Å². The second kappa shape index (κ2) is 4.94. The van der Waals surface area contributed by atoms with Gasteiger partial charge in [0, 0.05) is 18.4 Å². The molecule has 0 aromatic heterocycles. The van der Waals surface area contributed by atoms with Crippen molar-refractivity contribution >= 4 is 17.3 Å². The summed E-state index contributed by atoms with van der Waals surface area (Å²) >= 11 is 5.84. The van der Waals surface area contributed by atoms with Gasteiger partial charge in [0.15, 0.2) is 6.79 Å². The van der Waals surface area contributed by atoms with Crippen LogP contribution in [0.25, 0.3) is 0 Å². The first-order chi connectivity index (χ1) is 6.24. The summed E-state index contributed by atoms with van der Waals surface area (Å²) in [6, 6.07) is 5.08. The van der Waals surface area contributed by atoms with Gasteiger partial charge in [-0.2, -0.15) is 0 Å². The van der Waals surface area contributed by atoms with Crippen LogP contribution < -0.4 is 10.5 Å². The second-order valence-electron chi connectivity index (χ2n) is 2.44. The molecule has 2 N–H and O–H groups in total. The third-order valence-electron chi connectivity index (χ3n) is 1.46. The van der Waals surface area contributed by atoms with Crippen molar-refractivity contribution in [2.24, 2.45) is 0 Å². The van der Waals surface area contributed by atoms with E-state index in [0.717, 1.165) is 0 Å². The van der Waals surface area contributed by atoms with Gasteiger partial charge in [-0.1, -0.05) is 11.6 Å². The van der Waals surface area contributed by atoms with Crippen molar-refractivity contribution in [1.29, 1.82) is 0 Å². The topological polar surface area (TPSA) is 44.5 Å². The molecule has 0 saturated heterocycles. The molecule has 0 spiro atoms. The van der Waals surface area contributed by atoms with Gasteiger partial charge in [0.05, 0.1) is 5.02 Å². The van der Waals surface area contributed by atoms with Crippen LogP contribution in [0.2, 0.25) is 5.02 Å². The van der Waals surface area contributed by atoms with Crippen LogP contribution in [-0.4, -0.2) is 13.4 Å². The van der Waals surface area contributed by atoms with E-state index in [1.807, 2.05) is 6.92 Å². The Kier molecular flexibility index (Phi) is 3.86. The number of hydrogen-bond donors (Lipinski definition) is 1. The molecule has 0 atom stereocenters. The smallest absolute Gasteiger partial charge is 0.189 e. The Morgan fingerprint density at radius 2 is 2.23 bits per heavy atom. The lowest BCUT2D eigenvalue weighted by Crippen LogP contribution is -2.02. The fraction of sp³-hybridized carbons (Fsp3) is 0.333. The maximum Gasteiger partial charge on any atom is 0.189 e. The lowest BCUT2D eigenvalue weighted by atomic mass is 10.3. The predicted octanol–water partition coefficient (Wildman–Crippen LogP) is 2.30. The molecule has 3 nitrogen and oxygen atoms in total. The Morgan fingerprint density at radius 1 is 1.46 bits per heavy atom. The van der Waals surface area contributed by atoms with E-state index < -0.39 is 0 Å². The molecular formula is C9H12ClNO2. The zero-order valence-electron chi connectivity index (χ0n) is 7.42. The Labute approximate surface area is 82.4 Å². The lowest BCUT2D eigenvalue weighted by molar-refractivity contribution is 0.0225. The molecule has 1 rings (SSSR count). The molecule has 0 radical (unpaired) electrons. The van der Waals surface area contributed by atoms with Gasteiger partial charge in [-0.05, 0) is 19.1 Å². The number of ether oxygens (including phenoxy) is 2. The molecule has 0 unspecified atom stereocenters. The maximum atomic E-state index is 5.84. The first-order valence-electron chi connectivity index (χ1n) is 3.99. The van der Waals surface area contributed by atoms with E-state index in [9.17, 15) is 0 Å². The summed E-state index contributed by atoms with van der Waals surface area (Å²) in [6.07, 6.45) is 0. The van der Waals surface area contributed by atoms with E-state index in [2.05, 4.69) is 0 Å². The van der Waals surface area contributed by atoms with Gasteiger partial charge >= 0.3 is 0 Å². The van der Waals surface area contributed by atoms with Crippen molar-refractivity contribution in [2.45, 2.75) is 6.92 Å². The van der Waals surface area contributed by atoms with Crippen molar-refractivity contribution in [3.05, 3.63) is 23.2 Å². The molecule has 0 amide bonds. The van der Waals surface area contributed by atoms with Crippen LogP contribution in [0.4, 0.5) is 5.69 Å². The zero-order valence-corrected chi connectivity index (χ0v) is 8.17. The molecule has 0 aliphatic carbocycles. The summed E-state index contributed by atoms with van der Waals surface area (Å²) in [7, 11) is 0. The Balaban J connectivity index is 2.59. The van der Waals surface area contributed by atoms with Crippen LogP contribution in [0.3, 0.4) is 0 Å². The van der Waals surface area contributed by atoms with Crippen LogP contribution in [-0.2, 0) is 4.74 Å². The van der Waals surface area contributed by atoms with Crippen molar-refractivity contribution in [3.8, 4) is 5.75 Å². The zero-order chi connectivity index (χ0) is 9.68. The summed E-state index contributed by atoms with van der Waals surface area (Å²) in [4.78, 5) is 0. The van der Waals surface area contributed by atoms with Crippen molar-refractivity contribution in [1.82, 2.24) is 0 Å². The number of benzene rings is 1. The summed E-state index contributed by atoms with van der Waals surface area (Å²) in [6.45, 7) is 2.70. The predicted molar refractivity (Wildman–Crippen MR) is 53.0 cm³/mol. The lowest BCUT2D eigenvalue weighted by Gasteiger charge is -2.07. The minimum absolute atomic E-state index is 0.194. The summed E-state index contributed by atoms with van der Waals surface area (Å²) in [5.74, 6) is 0.551. The highest BCUT2D eigenvalue weighted by molar-refractivity contribution is 6.32. The summed E-state index contributed by atoms with van der Waals surface area (Å²) < 4.78 is 10.2. The average Bonchev–Trinajstić information content (AvgIpc) is 2.11. The Hall–Kier alpha value is -0.930. The van der Waals surface area contributed by atoms with E-state index in [-0.39, 0.29) is 6.79 Å². The number of nitrogens with two attached hydrogens (primary N) is 1. The van der Waals surface area contributed by atoms with E-state index in [1.165, 1.54) is 0 Å². The van der Waals surface area contributed by atoms with Gasteiger partial charge < -0.3 is 15.2 Å². The SMILES string of the molecule is CCOCOc1cc(N)ccc1Cl. The van der Waals surface area contributed by atoms with E-state index >= 15 is 0 Å². The van der Waals surface area contributed by atoms with Crippen LogP contribution in [0.15, 0.2) is 18.2 Å². The van der Waals surface area contributed by atoms with E-state index in [4.69, 9.17) is 26.8 Å². The number of anilines is 1. The standard InChI is InChI=1S/C9H12ClNO2/c1-2-12-6-13-9-5-7(11)3-4-8(9)10/h3-5H,2,6,11H2,1H3. The second-order valence-corrected chi connectivity index (χ2v) is 2.85. The number of halogens is 1. The summed E-state index contributed by atoms with van der Waals surface area (Å²) in [5.41, 5.74) is 6.17. The Bertz CT molecular complexity index is 278. The van der Waals surface area contributed by atoms with E-state index in [1.54, 1.807) is 18.2 Å². The molecule has 0 aliphatic rings. The van der Waals surface area contributed by atoms with Crippen LogP contribution >= 0.6 is 11.6 Å². The minimum atomic E-state index is 0.194. The number of hydrogen-bond acceptors (Lipinski definition) is 3. The minimum Gasteiger partial charge on any atom is -0.466 e. The quantitative estimate of drug-likeness (QED) is 0.462. The third-order valence-corrected chi connectivity index (χ3v) is 1.77. The molecule has 4 heteroatoms. The molecule has 72 valence electrons. The average molecular weight is 202 g/mol. The normalized spacial score (nSPS) is 10.0. The van der Waals surface area contributed by atoms with Crippen LogP contribution in [0.5, 0.6) is 5.75 Å². The highest BCUT2D eigenvalue weighted by atomic mass is 35.5. The van der Waals surface area contributed by atoms with Gasteiger partial charge in [0.25, 0.3) is 0 Å². The van der Waals surface area contributed by atoms with Crippen molar-refractivity contribution in [2.75, 3.05) is 19.1 Å². The number of rotatable bonds is 4.